The van der Waals surface area contributed by atoms with Crippen LogP contribution in [-0.4, -0.2) is 62.4 Å². The summed E-state index contributed by atoms with van der Waals surface area (Å²) in [5, 5.41) is 0. The van der Waals surface area contributed by atoms with Crippen LogP contribution in [-0.2, 0) is 38.1 Å². The zero-order valence-electron chi connectivity index (χ0n) is 24.3. The first-order valence-corrected chi connectivity index (χ1v) is 13.6. The van der Waals surface area contributed by atoms with Crippen LogP contribution in [0.4, 0.5) is 0 Å². The molecule has 1 fully saturated rings. The third kappa shape index (κ3) is 11.2. The molecule has 0 saturated heterocycles. The highest BCUT2D eigenvalue weighted by Gasteiger charge is 2.27. The number of carbonyl (C=O) groups is 5. The molecule has 3 rings (SSSR count). The van der Waals surface area contributed by atoms with Crippen LogP contribution in [0.2, 0.25) is 0 Å². The van der Waals surface area contributed by atoms with E-state index >= 15 is 0 Å². The average molecular weight is 625 g/mol. The summed E-state index contributed by atoms with van der Waals surface area (Å²) in [6.07, 6.45) is 4.09. The maximum absolute atomic E-state index is 12.9. The highest BCUT2D eigenvalue weighted by atomic mass is 16.7. The molecule has 13 nitrogen and oxygen atoms in total. The third-order valence-corrected chi connectivity index (χ3v) is 6.20. The normalized spacial score (nSPS) is 15.3. The Labute approximate surface area is 258 Å². The molecule has 0 aromatic heterocycles. The number of rotatable bonds is 16. The molecule has 0 radical (unpaired) electrons. The van der Waals surface area contributed by atoms with E-state index in [1.807, 2.05) is 0 Å². The van der Waals surface area contributed by atoms with Gasteiger partial charge in [0.25, 0.3) is 0 Å². The van der Waals surface area contributed by atoms with Crippen molar-refractivity contribution < 1.29 is 61.9 Å². The first kappa shape index (κ1) is 33.9. The first-order chi connectivity index (χ1) is 21.7. The van der Waals surface area contributed by atoms with E-state index in [0.717, 1.165) is 18.2 Å². The molecule has 0 N–H and O–H groups in total. The number of esters is 5. The summed E-state index contributed by atoms with van der Waals surface area (Å²) in [4.78, 5) is 59.2. The second kappa shape index (κ2) is 17.5. The van der Waals surface area contributed by atoms with Gasteiger partial charge in [-0.05, 0) is 68.1 Å². The van der Waals surface area contributed by atoms with Crippen molar-refractivity contribution in [3.63, 3.8) is 0 Å². The largest absolute Gasteiger partial charge is 0.459 e. The Bertz CT molecular complexity index is 1390. The second-order valence-corrected chi connectivity index (χ2v) is 9.18. The van der Waals surface area contributed by atoms with Crippen LogP contribution < -0.4 is 14.2 Å². The van der Waals surface area contributed by atoms with Gasteiger partial charge in [-0.2, -0.15) is 0 Å². The van der Waals surface area contributed by atoms with Crippen LogP contribution in [0.1, 0.15) is 46.4 Å². The quantitative estimate of drug-likeness (QED) is 0.113. The van der Waals surface area contributed by atoms with Crippen LogP contribution in [0.25, 0.3) is 0 Å². The summed E-state index contributed by atoms with van der Waals surface area (Å²) in [5.74, 6) is -2.64. The van der Waals surface area contributed by atoms with E-state index in [1.54, 1.807) is 12.1 Å². The highest BCUT2D eigenvalue weighted by molar-refractivity contribution is 5.91. The van der Waals surface area contributed by atoms with Crippen LogP contribution in [0.5, 0.6) is 17.2 Å². The van der Waals surface area contributed by atoms with E-state index < -0.39 is 49.5 Å². The van der Waals surface area contributed by atoms with Gasteiger partial charge in [-0.15, -0.1) is 0 Å². The molecule has 1 aliphatic carbocycles. The van der Waals surface area contributed by atoms with Gasteiger partial charge < -0.3 is 37.9 Å². The van der Waals surface area contributed by atoms with Crippen molar-refractivity contribution in [1.29, 1.82) is 0 Å². The number of hydrogen-bond acceptors (Lipinski definition) is 13. The molecule has 0 aliphatic heterocycles. The van der Waals surface area contributed by atoms with E-state index in [9.17, 15) is 24.0 Å². The van der Waals surface area contributed by atoms with Crippen molar-refractivity contribution >= 4 is 29.8 Å². The summed E-state index contributed by atoms with van der Waals surface area (Å²) < 4.78 is 41.7. The predicted molar refractivity (Wildman–Crippen MR) is 155 cm³/mol. The van der Waals surface area contributed by atoms with E-state index in [2.05, 4.69) is 19.7 Å². The molecule has 238 valence electrons. The Balaban J connectivity index is 1.50. The topological polar surface area (TPSA) is 159 Å². The molecule has 0 unspecified atom stereocenters. The van der Waals surface area contributed by atoms with Gasteiger partial charge >= 0.3 is 29.8 Å². The molecular weight excluding hydrogens is 592 g/mol. The van der Waals surface area contributed by atoms with Gasteiger partial charge in [0.2, 0.25) is 20.4 Å². The van der Waals surface area contributed by atoms with E-state index in [4.69, 9.17) is 37.9 Å². The molecule has 0 spiro atoms. The van der Waals surface area contributed by atoms with Crippen molar-refractivity contribution in [2.45, 2.75) is 37.9 Å². The van der Waals surface area contributed by atoms with Crippen molar-refractivity contribution in [1.82, 2.24) is 0 Å². The molecule has 0 amide bonds. The summed E-state index contributed by atoms with van der Waals surface area (Å²) >= 11 is 0. The Morgan fingerprint density at radius 2 is 1.00 bits per heavy atom. The molecule has 13 heteroatoms. The number of hydrogen-bond donors (Lipinski definition) is 0. The lowest BCUT2D eigenvalue weighted by molar-refractivity contribution is -0.146. The number of ether oxygens (including phenoxy) is 8. The average Bonchev–Trinajstić information content (AvgIpc) is 3.06. The maximum atomic E-state index is 12.9. The van der Waals surface area contributed by atoms with Crippen molar-refractivity contribution in [3.8, 4) is 17.2 Å². The minimum Gasteiger partial charge on any atom is -0.459 e. The van der Waals surface area contributed by atoms with Crippen LogP contribution >= 0.6 is 0 Å². The second-order valence-electron chi connectivity index (χ2n) is 9.18. The molecule has 1 saturated carbocycles. The fourth-order valence-electron chi connectivity index (χ4n) is 3.90. The number of carbonyl (C=O) groups excluding carboxylic acids is 5. The standard InChI is InChI=1S/C32H32O13/c1-4-28(33)41-18-38-23-10-7-21(8-11-23)31(36)44-24-12-14-25(15-13-24)45-32(37)22-9-16-26(39-19-42-29(34)5-2)27(17-22)40-20-43-30(35)6-3/h4-11,16-17,24-25H,1-3,12-15,18-20H2. The molecule has 2 aromatic carbocycles. The van der Waals surface area contributed by atoms with E-state index in [0.29, 0.717) is 37.0 Å². The highest BCUT2D eigenvalue weighted by Crippen LogP contribution is 2.30. The van der Waals surface area contributed by atoms with E-state index in [-0.39, 0.29) is 30.0 Å². The first-order valence-electron chi connectivity index (χ1n) is 13.6. The zero-order chi connectivity index (χ0) is 32.6. The fourth-order valence-corrected chi connectivity index (χ4v) is 3.90. The van der Waals surface area contributed by atoms with Crippen LogP contribution in [0.15, 0.2) is 80.4 Å². The lowest BCUT2D eigenvalue weighted by atomic mass is 9.95. The third-order valence-electron chi connectivity index (χ3n) is 6.20. The van der Waals surface area contributed by atoms with Gasteiger partial charge in [-0.25, -0.2) is 24.0 Å². The van der Waals surface area contributed by atoms with Crippen molar-refractivity contribution in [3.05, 3.63) is 91.6 Å². The molecular formula is C32H32O13. The van der Waals surface area contributed by atoms with Crippen LogP contribution in [0.3, 0.4) is 0 Å². The fraction of sp³-hybridized carbons (Fsp3) is 0.281. The monoisotopic (exact) mass is 624 g/mol. The van der Waals surface area contributed by atoms with Crippen molar-refractivity contribution in [2.24, 2.45) is 0 Å². The molecule has 1 aliphatic rings. The van der Waals surface area contributed by atoms with Crippen molar-refractivity contribution in [2.75, 3.05) is 20.4 Å². The summed E-state index contributed by atoms with van der Waals surface area (Å²) in [6.45, 7) is 8.63. The van der Waals surface area contributed by atoms with Gasteiger partial charge in [-0.1, -0.05) is 19.7 Å². The van der Waals surface area contributed by atoms with Gasteiger partial charge in [-0.3, -0.25) is 0 Å². The van der Waals surface area contributed by atoms with Gasteiger partial charge in [0.05, 0.1) is 11.1 Å². The zero-order valence-corrected chi connectivity index (χ0v) is 24.3. The number of benzene rings is 2. The Hall–Kier alpha value is -5.59. The lowest BCUT2D eigenvalue weighted by Crippen LogP contribution is -2.29. The summed E-state index contributed by atoms with van der Waals surface area (Å²) in [7, 11) is 0. The lowest BCUT2D eigenvalue weighted by Gasteiger charge is -2.28. The summed E-state index contributed by atoms with van der Waals surface area (Å²) in [6, 6.07) is 10.4. The molecule has 0 atom stereocenters. The van der Waals surface area contributed by atoms with Gasteiger partial charge in [0.1, 0.15) is 18.0 Å². The molecule has 2 aromatic rings. The molecule has 0 heterocycles. The Morgan fingerprint density at radius 1 is 0.578 bits per heavy atom. The van der Waals surface area contributed by atoms with E-state index in [1.165, 1.54) is 30.3 Å². The Kier molecular flexibility index (Phi) is 13.2. The maximum Gasteiger partial charge on any atom is 0.338 e. The van der Waals surface area contributed by atoms with Crippen LogP contribution in [0, 0.1) is 0 Å². The minimum absolute atomic E-state index is 0.0299. The van der Waals surface area contributed by atoms with Gasteiger partial charge in [0, 0.05) is 18.2 Å². The molecule has 0 bridgehead atoms. The smallest absolute Gasteiger partial charge is 0.338 e. The predicted octanol–water partition coefficient (Wildman–Crippen LogP) is 4.21. The minimum atomic E-state index is -0.720. The molecule has 45 heavy (non-hydrogen) atoms. The SMILES string of the molecule is C=CC(=O)OCOc1ccc(C(=O)OC2CCC(OC(=O)c3ccc(OCOC(=O)C=C)c(OCOC(=O)C=C)c3)CC2)cc1. The van der Waals surface area contributed by atoms with Gasteiger partial charge in [0.15, 0.2) is 11.5 Å². The summed E-state index contributed by atoms with van der Waals surface area (Å²) in [5.41, 5.74) is 0.456. The Morgan fingerprint density at radius 3 is 1.49 bits per heavy atom.